The van der Waals surface area contributed by atoms with E-state index in [9.17, 15) is 18.0 Å². The maximum atomic E-state index is 12.4. The average molecular weight is 392 g/mol. The number of amides is 1. The third-order valence-electron chi connectivity index (χ3n) is 4.87. The van der Waals surface area contributed by atoms with Crippen molar-refractivity contribution in [3.63, 3.8) is 0 Å². The standard InChI is InChI=1S/C20H19F3N2O3/c21-20(22,23)28-16-8-9-18-14(11-16)5-4-10-24(18)12-17-13-25(19(26)27-17)15-6-2-1-3-7-15/h1-3,6-9,11,17H,4-5,10,12-13H2. The minimum Gasteiger partial charge on any atom is -0.442 e. The van der Waals surface area contributed by atoms with Gasteiger partial charge in [0.1, 0.15) is 11.9 Å². The highest BCUT2D eigenvalue weighted by Gasteiger charge is 2.35. The van der Waals surface area contributed by atoms with Crippen molar-refractivity contribution in [2.75, 3.05) is 29.4 Å². The molecule has 0 aliphatic carbocycles. The molecule has 1 atom stereocenters. The van der Waals surface area contributed by atoms with E-state index in [2.05, 4.69) is 9.64 Å². The van der Waals surface area contributed by atoms with Crippen LogP contribution >= 0.6 is 0 Å². The monoisotopic (exact) mass is 392 g/mol. The highest BCUT2D eigenvalue weighted by atomic mass is 19.4. The fourth-order valence-electron chi connectivity index (χ4n) is 3.72. The lowest BCUT2D eigenvalue weighted by molar-refractivity contribution is -0.274. The number of aryl methyl sites for hydroxylation is 1. The Bertz CT molecular complexity index is 858. The molecule has 28 heavy (non-hydrogen) atoms. The summed E-state index contributed by atoms with van der Waals surface area (Å²) in [4.78, 5) is 15.9. The van der Waals surface area contributed by atoms with Crippen LogP contribution in [0.15, 0.2) is 48.5 Å². The number of para-hydroxylation sites is 1. The summed E-state index contributed by atoms with van der Waals surface area (Å²) in [7, 11) is 0. The SMILES string of the molecule is O=C1OC(CN2CCCc3cc(OC(F)(F)F)ccc32)CN1c1ccccc1. The highest BCUT2D eigenvalue weighted by Crippen LogP contribution is 2.33. The Morgan fingerprint density at radius 1 is 1.14 bits per heavy atom. The van der Waals surface area contributed by atoms with E-state index >= 15 is 0 Å². The smallest absolute Gasteiger partial charge is 0.442 e. The second kappa shape index (κ2) is 7.26. The Kier molecular flexibility index (Phi) is 4.78. The van der Waals surface area contributed by atoms with Crippen LogP contribution in [0.25, 0.3) is 0 Å². The summed E-state index contributed by atoms with van der Waals surface area (Å²) < 4.78 is 46.9. The number of fused-ring (bicyclic) bond motifs is 1. The van der Waals surface area contributed by atoms with Gasteiger partial charge in [-0.3, -0.25) is 4.90 Å². The van der Waals surface area contributed by atoms with Crippen LogP contribution in [0.3, 0.4) is 0 Å². The maximum Gasteiger partial charge on any atom is 0.573 e. The summed E-state index contributed by atoms with van der Waals surface area (Å²) in [6.07, 6.45) is -3.92. The molecular formula is C20H19F3N2O3. The number of nitrogens with zero attached hydrogens (tertiary/aromatic N) is 2. The predicted molar refractivity (Wildman–Crippen MR) is 97.7 cm³/mol. The van der Waals surface area contributed by atoms with Gasteiger partial charge in [-0.25, -0.2) is 4.79 Å². The van der Waals surface area contributed by atoms with Gasteiger partial charge in [-0.05, 0) is 48.7 Å². The molecule has 1 amide bonds. The molecule has 0 saturated carbocycles. The second-order valence-corrected chi connectivity index (χ2v) is 6.84. The van der Waals surface area contributed by atoms with Gasteiger partial charge in [-0.2, -0.15) is 0 Å². The van der Waals surface area contributed by atoms with Gasteiger partial charge in [-0.1, -0.05) is 18.2 Å². The fourth-order valence-corrected chi connectivity index (χ4v) is 3.72. The first-order chi connectivity index (χ1) is 13.4. The Balaban J connectivity index is 1.46. The molecule has 1 unspecified atom stereocenters. The molecule has 0 bridgehead atoms. The number of ether oxygens (including phenoxy) is 2. The lowest BCUT2D eigenvalue weighted by Crippen LogP contribution is -2.38. The zero-order valence-electron chi connectivity index (χ0n) is 15.0. The highest BCUT2D eigenvalue weighted by molar-refractivity contribution is 5.89. The van der Waals surface area contributed by atoms with Gasteiger partial charge in [0.05, 0.1) is 13.1 Å². The van der Waals surface area contributed by atoms with E-state index in [0.717, 1.165) is 29.9 Å². The van der Waals surface area contributed by atoms with E-state index in [1.807, 2.05) is 30.3 Å². The molecule has 0 N–H and O–H groups in total. The van der Waals surface area contributed by atoms with Crippen molar-refractivity contribution in [2.45, 2.75) is 25.3 Å². The van der Waals surface area contributed by atoms with Crippen LogP contribution < -0.4 is 14.5 Å². The number of cyclic esters (lactones) is 1. The van der Waals surface area contributed by atoms with Gasteiger partial charge in [0.15, 0.2) is 0 Å². The number of carbonyl (C=O) groups is 1. The van der Waals surface area contributed by atoms with Gasteiger partial charge in [0.2, 0.25) is 0 Å². The Morgan fingerprint density at radius 2 is 1.93 bits per heavy atom. The Labute approximate surface area is 160 Å². The summed E-state index contributed by atoms with van der Waals surface area (Å²) in [5, 5.41) is 0. The third kappa shape index (κ3) is 4.00. The normalized spacial score (nSPS) is 19.4. The number of carbonyl (C=O) groups excluding carboxylic acids is 1. The van der Waals surface area contributed by atoms with E-state index in [4.69, 9.17) is 4.74 Å². The van der Waals surface area contributed by atoms with Crippen LogP contribution in [0.1, 0.15) is 12.0 Å². The van der Waals surface area contributed by atoms with Crippen molar-refractivity contribution in [1.29, 1.82) is 0 Å². The quantitative estimate of drug-likeness (QED) is 0.775. The molecule has 2 aromatic carbocycles. The minimum atomic E-state index is -4.71. The molecule has 8 heteroatoms. The average Bonchev–Trinajstić information content (AvgIpc) is 3.01. The molecule has 5 nitrogen and oxygen atoms in total. The molecule has 148 valence electrons. The van der Waals surface area contributed by atoms with Gasteiger partial charge >= 0.3 is 12.5 Å². The lowest BCUT2D eigenvalue weighted by Gasteiger charge is -2.32. The molecule has 0 radical (unpaired) electrons. The summed E-state index contributed by atoms with van der Waals surface area (Å²) in [5.74, 6) is -0.212. The summed E-state index contributed by atoms with van der Waals surface area (Å²) in [6, 6.07) is 13.7. The van der Waals surface area contributed by atoms with E-state index in [1.54, 1.807) is 11.0 Å². The largest absolute Gasteiger partial charge is 0.573 e. The van der Waals surface area contributed by atoms with Crippen molar-refractivity contribution >= 4 is 17.5 Å². The number of alkyl halides is 3. The van der Waals surface area contributed by atoms with Gasteiger partial charge in [-0.15, -0.1) is 13.2 Å². The van der Waals surface area contributed by atoms with Crippen LogP contribution in [0.5, 0.6) is 5.75 Å². The summed E-state index contributed by atoms with van der Waals surface area (Å²) in [5.41, 5.74) is 2.44. The van der Waals surface area contributed by atoms with Crippen LogP contribution in [0.2, 0.25) is 0 Å². The van der Waals surface area contributed by atoms with Crippen molar-refractivity contribution < 1.29 is 27.4 Å². The molecule has 2 aliphatic rings. The summed E-state index contributed by atoms with van der Waals surface area (Å²) >= 11 is 0. The zero-order chi connectivity index (χ0) is 19.7. The van der Waals surface area contributed by atoms with Crippen molar-refractivity contribution in [2.24, 2.45) is 0 Å². The topological polar surface area (TPSA) is 42.0 Å². The summed E-state index contributed by atoms with van der Waals surface area (Å²) in [6.45, 7) is 1.68. The van der Waals surface area contributed by atoms with Crippen molar-refractivity contribution in [3.8, 4) is 5.75 Å². The minimum absolute atomic E-state index is 0.212. The van der Waals surface area contributed by atoms with Crippen molar-refractivity contribution in [3.05, 3.63) is 54.1 Å². The molecule has 2 aromatic rings. The van der Waals surface area contributed by atoms with Crippen LogP contribution in [0.4, 0.5) is 29.3 Å². The molecule has 0 spiro atoms. The van der Waals surface area contributed by atoms with Crippen LogP contribution in [-0.2, 0) is 11.2 Å². The fraction of sp³-hybridized carbons (Fsp3) is 0.350. The number of halogens is 3. The first-order valence-corrected chi connectivity index (χ1v) is 9.06. The molecule has 2 aliphatic heterocycles. The lowest BCUT2D eigenvalue weighted by atomic mass is 10.0. The number of benzene rings is 2. The predicted octanol–water partition coefficient (Wildman–Crippen LogP) is 4.36. The van der Waals surface area contributed by atoms with Crippen LogP contribution in [-0.4, -0.2) is 38.2 Å². The molecular weight excluding hydrogens is 373 g/mol. The third-order valence-corrected chi connectivity index (χ3v) is 4.87. The molecule has 0 aromatic heterocycles. The van der Waals surface area contributed by atoms with Crippen molar-refractivity contribution in [1.82, 2.24) is 0 Å². The Hall–Kier alpha value is -2.90. The number of hydrogen-bond acceptors (Lipinski definition) is 4. The van der Waals surface area contributed by atoms with E-state index in [0.29, 0.717) is 19.5 Å². The number of anilines is 2. The molecule has 4 rings (SSSR count). The van der Waals surface area contributed by atoms with E-state index in [1.165, 1.54) is 12.1 Å². The second-order valence-electron chi connectivity index (χ2n) is 6.84. The van der Waals surface area contributed by atoms with Gasteiger partial charge in [0, 0.05) is 17.9 Å². The number of rotatable bonds is 4. The van der Waals surface area contributed by atoms with Crippen LogP contribution in [0, 0.1) is 0 Å². The first kappa shape index (κ1) is 18.5. The Morgan fingerprint density at radius 3 is 2.68 bits per heavy atom. The first-order valence-electron chi connectivity index (χ1n) is 9.06. The molecule has 1 fully saturated rings. The van der Waals surface area contributed by atoms with E-state index in [-0.39, 0.29) is 17.9 Å². The maximum absolute atomic E-state index is 12.4. The zero-order valence-corrected chi connectivity index (χ0v) is 15.0. The molecule has 1 saturated heterocycles. The van der Waals surface area contributed by atoms with Gasteiger partial charge in [0.25, 0.3) is 0 Å². The van der Waals surface area contributed by atoms with E-state index < -0.39 is 6.36 Å². The molecule has 2 heterocycles. The number of hydrogen-bond donors (Lipinski definition) is 0. The van der Waals surface area contributed by atoms with Gasteiger partial charge < -0.3 is 14.4 Å².